The molecule has 0 unspecified atom stereocenters. The third kappa shape index (κ3) is 4.86. The summed E-state index contributed by atoms with van der Waals surface area (Å²) in [6.07, 6.45) is 4.17. The SMILES string of the molecule is C=C1C(=O)C[C@@H]2[C@](C)(CCC[C@]2(C)C(=O)OC)[C@H]1CCc1ccc2c(OC(C)=O)ccc(OC(C)=O)c2c1. The molecule has 38 heavy (non-hydrogen) atoms. The van der Waals surface area contributed by atoms with Gasteiger partial charge in [-0.25, -0.2) is 0 Å². The van der Waals surface area contributed by atoms with Crippen molar-refractivity contribution in [2.45, 2.75) is 66.2 Å². The van der Waals surface area contributed by atoms with E-state index >= 15 is 0 Å². The minimum Gasteiger partial charge on any atom is -0.469 e. The van der Waals surface area contributed by atoms with Crippen molar-refractivity contribution >= 4 is 34.5 Å². The smallest absolute Gasteiger partial charge is 0.311 e. The summed E-state index contributed by atoms with van der Waals surface area (Å²) in [4.78, 5) is 49.3. The molecule has 2 aromatic rings. The van der Waals surface area contributed by atoms with Gasteiger partial charge in [-0.05, 0) is 79.2 Å². The number of hydrogen-bond acceptors (Lipinski definition) is 7. The van der Waals surface area contributed by atoms with Crippen LogP contribution < -0.4 is 9.47 Å². The quantitative estimate of drug-likeness (QED) is 0.272. The van der Waals surface area contributed by atoms with Crippen molar-refractivity contribution in [1.29, 1.82) is 0 Å². The van der Waals surface area contributed by atoms with E-state index in [-0.39, 0.29) is 29.0 Å². The minimum atomic E-state index is -0.703. The van der Waals surface area contributed by atoms with Crippen LogP contribution in [0.15, 0.2) is 42.5 Å². The number of fused-ring (bicyclic) bond motifs is 2. The third-order valence-electron chi connectivity index (χ3n) is 8.82. The number of benzene rings is 2. The Kier molecular flexibility index (Phi) is 7.51. The van der Waals surface area contributed by atoms with Gasteiger partial charge in [-0.3, -0.25) is 19.2 Å². The normalized spacial score (nSPS) is 27.0. The lowest BCUT2D eigenvalue weighted by atomic mass is 9.46. The Balaban J connectivity index is 1.67. The summed E-state index contributed by atoms with van der Waals surface area (Å²) in [5.41, 5.74) is 0.666. The molecule has 2 aromatic carbocycles. The molecule has 0 bridgehead atoms. The van der Waals surface area contributed by atoms with Crippen LogP contribution in [0.1, 0.15) is 65.4 Å². The van der Waals surface area contributed by atoms with Gasteiger partial charge >= 0.3 is 17.9 Å². The second-order valence-corrected chi connectivity index (χ2v) is 11.2. The second kappa shape index (κ2) is 10.4. The molecule has 2 aliphatic rings. The number of esters is 3. The molecule has 202 valence electrons. The monoisotopic (exact) mass is 520 g/mol. The maximum atomic E-state index is 13.1. The first-order valence-corrected chi connectivity index (χ1v) is 13.1. The van der Waals surface area contributed by atoms with Crippen LogP contribution in [0.5, 0.6) is 11.5 Å². The second-order valence-electron chi connectivity index (χ2n) is 11.2. The number of rotatable bonds is 6. The van der Waals surface area contributed by atoms with E-state index in [0.717, 1.165) is 18.4 Å². The summed E-state index contributed by atoms with van der Waals surface area (Å²) in [6.45, 7) is 11.0. The molecule has 0 radical (unpaired) electrons. The molecule has 7 nitrogen and oxygen atoms in total. The van der Waals surface area contributed by atoms with Crippen molar-refractivity contribution in [2.75, 3.05) is 7.11 Å². The topological polar surface area (TPSA) is 96.0 Å². The minimum absolute atomic E-state index is 0.0242. The van der Waals surface area contributed by atoms with Gasteiger partial charge in [0.05, 0.1) is 12.5 Å². The lowest BCUT2D eigenvalue weighted by molar-refractivity contribution is -0.169. The molecule has 2 aliphatic carbocycles. The van der Waals surface area contributed by atoms with Gasteiger partial charge in [-0.1, -0.05) is 32.1 Å². The number of ketones is 1. The third-order valence-corrected chi connectivity index (χ3v) is 8.82. The van der Waals surface area contributed by atoms with E-state index in [1.807, 2.05) is 25.1 Å². The van der Waals surface area contributed by atoms with E-state index in [4.69, 9.17) is 14.2 Å². The fraction of sp³-hybridized carbons (Fsp3) is 0.484. The fourth-order valence-electron chi connectivity index (χ4n) is 6.97. The highest BCUT2D eigenvalue weighted by molar-refractivity contribution is 5.98. The van der Waals surface area contributed by atoms with E-state index in [1.165, 1.54) is 21.0 Å². The van der Waals surface area contributed by atoms with Crippen molar-refractivity contribution in [3.63, 3.8) is 0 Å². The number of carbonyl (C=O) groups is 4. The predicted octanol–water partition coefficient (Wildman–Crippen LogP) is 5.75. The summed E-state index contributed by atoms with van der Waals surface area (Å²) >= 11 is 0. The molecule has 2 fully saturated rings. The summed E-state index contributed by atoms with van der Waals surface area (Å²) in [5.74, 6) is -0.521. The molecule has 7 heteroatoms. The zero-order valence-electron chi connectivity index (χ0n) is 22.8. The number of allylic oxidation sites excluding steroid dienone is 1. The number of Topliss-reactive ketones (excluding diaryl/α,β-unsaturated/α-hetero) is 1. The molecule has 0 amide bonds. The van der Waals surface area contributed by atoms with Gasteiger partial charge in [0.15, 0.2) is 5.78 Å². The van der Waals surface area contributed by atoms with Gasteiger partial charge in [-0.15, -0.1) is 0 Å². The van der Waals surface area contributed by atoms with Gasteiger partial charge in [0, 0.05) is 31.0 Å². The van der Waals surface area contributed by atoms with Gasteiger partial charge in [0.1, 0.15) is 11.5 Å². The Morgan fingerprint density at radius 3 is 2.21 bits per heavy atom. The number of methoxy groups -OCH3 is 1. The van der Waals surface area contributed by atoms with Crippen molar-refractivity contribution in [1.82, 2.24) is 0 Å². The Morgan fingerprint density at radius 2 is 1.61 bits per heavy atom. The Labute approximate surface area is 223 Å². The fourth-order valence-corrected chi connectivity index (χ4v) is 6.97. The van der Waals surface area contributed by atoms with Crippen LogP contribution in [-0.2, 0) is 30.3 Å². The summed E-state index contributed by atoms with van der Waals surface area (Å²) in [5, 5.41) is 1.32. The molecular weight excluding hydrogens is 484 g/mol. The Morgan fingerprint density at radius 1 is 0.974 bits per heavy atom. The number of ether oxygens (including phenoxy) is 3. The first-order chi connectivity index (χ1) is 17.9. The summed E-state index contributed by atoms with van der Waals surface area (Å²) in [6, 6.07) is 8.99. The largest absolute Gasteiger partial charge is 0.469 e. The van der Waals surface area contributed by atoms with Gasteiger partial charge in [0.2, 0.25) is 0 Å². The maximum absolute atomic E-state index is 13.1. The number of hydrogen-bond donors (Lipinski definition) is 0. The van der Waals surface area contributed by atoms with Crippen molar-refractivity contribution < 1.29 is 33.4 Å². The van der Waals surface area contributed by atoms with Crippen LogP contribution in [0, 0.1) is 22.7 Å². The van der Waals surface area contributed by atoms with E-state index in [2.05, 4.69) is 13.5 Å². The van der Waals surface area contributed by atoms with Crippen LogP contribution in [0.3, 0.4) is 0 Å². The zero-order chi connectivity index (χ0) is 27.8. The Hall–Kier alpha value is -3.48. The van der Waals surface area contributed by atoms with Crippen LogP contribution in [0.2, 0.25) is 0 Å². The average Bonchev–Trinajstić information content (AvgIpc) is 2.86. The number of carbonyl (C=O) groups excluding carboxylic acids is 4. The van der Waals surface area contributed by atoms with E-state index in [0.29, 0.717) is 53.5 Å². The molecule has 4 atom stereocenters. The average molecular weight is 521 g/mol. The van der Waals surface area contributed by atoms with Crippen molar-refractivity contribution in [3.05, 3.63) is 48.0 Å². The molecule has 0 saturated heterocycles. The zero-order valence-corrected chi connectivity index (χ0v) is 22.8. The molecule has 2 saturated carbocycles. The molecule has 0 aliphatic heterocycles. The predicted molar refractivity (Wildman–Crippen MR) is 143 cm³/mol. The van der Waals surface area contributed by atoms with Crippen LogP contribution in [-0.4, -0.2) is 30.8 Å². The molecule has 4 rings (SSSR count). The van der Waals surface area contributed by atoms with Gasteiger partial charge in [0.25, 0.3) is 0 Å². The van der Waals surface area contributed by atoms with Crippen molar-refractivity contribution in [3.8, 4) is 11.5 Å². The maximum Gasteiger partial charge on any atom is 0.311 e. The van der Waals surface area contributed by atoms with E-state index in [9.17, 15) is 19.2 Å². The standard InChI is InChI=1S/C31H36O7/c1-18-24(30(4)14-7-15-31(5,29(35)36-6)28(30)17-25(18)34)11-9-21-8-10-22-23(16-21)27(38-20(3)33)13-12-26(22)37-19(2)32/h8,10,12-13,16,24,28H,1,7,9,11,14-15,17H2,2-6H3/t24-,28+,30+,31-/m0/s1. The first kappa shape index (κ1) is 27.6. The van der Waals surface area contributed by atoms with Gasteiger partial charge in [-0.2, -0.15) is 0 Å². The van der Waals surface area contributed by atoms with Crippen LogP contribution in [0.25, 0.3) is 10.8 Å². The van der Waals surface area contributed by atoms with E-state index in [1.54, 1.807) is 12.1 Å². The Bertz CT molecular complexity index is 1320. The summed E-state index contributed by atoms with van der Waals surface area (Å²) in [7, 11) is 1.41. The number of aryl methyl sites for hydroxylation is 1. The lowest BCUT2D eigenvalue weighted by Crippen LogP contribution is -2.55. The lowest BCUT2D eigenvalue weighted by Gasteiger charge is -2.57. The molecule has 0 aromatic heterocycles. The highest BCUT2D eigenvalue weighted by atomic mass is 16.5. The van der Waals surface area contributed by atoms with Crippen LogP contribution >= 0.6 is 0 Å². The molecule has 0 N–H and O–H groups in total. The van der Waals surface area contributed by atoms with Gasteiger partial charge < -0.3 is 14.2 Å². The summed E-state index contributed by atoms with van der Waals surface area (Å²) < 4.78 is 16.0. The highest BCUT2D eigenvalue weighted by Gasteiger charge is 2.59. The molecular formula is C31H36O7. The van der Waals surface area contributed by atoms with Crippen molar-refractivity contribution in [2.24, 2.45) is 22.7 Å². The van der Waals surface area contributed by atoms with Crippen LogP contribution in [0.4, 0.5) is 0 Å². The molecule has 0 spiro atoms. The van der Waals surface area contributed by atoms with E-state index < -0.39 is 17.4 Å². The highest BCUT2D eigenvalue weighted by Crippen LogP contribution is 2.61. The molecule has 0 heterocycles. The first-order valence-electron chi connectivity index (χ1n) is 13.1.